The Bertz CT molecular complexity index is 742. The Balaban J connectivity index is 1.76. The summed E-state index contributed by atoms with van der Waals surface area (Å²) in [5, 5.41) is 8.95. The van der Waals surface area contributed by atoms with Gasteiger partial charge in [0.25, 0.3) is 0 Å². The molecule has 0 aromatic heterocycles. The van der Waals surface area contributed by atoms with Gasteiger partial charge in [-0.05, 0) is 45.0 Å². The van der Waals surface area contributed by atoms with Crippen LogP contribution in [0.3, 0.4) is 0 Å². The first kappa shape index (κ1) is 24.7. The molecule has 1 aliphatic heterocycles. The average Bonchev–Trinajstić information content (AvgIpc) is 2.72. The highest BCUT2D eigenvalue weighted by atomic mass is 19.1. The number of hydrogen-bond donors (Lipinski definition) is 3. The SMILES string of the molecule is CCN1CCN(c2ccc(CNC(=NC)NCCNC(=O)OC(C)(C)C)cc2F)CC1. The highest BCUT2D eigenvalue weighted by molar-refractivity contribution is 5.79. The van der Waals surface area contributed by atoms with E-state index in [9.17, 15) is 9.18 Å². The number of likely N-dealkylation sites (N-methyl/N-ethyl adjacent to an activating group) is 1. The third kappa shape index (κ3) is 8.61. The van der Waals surface area contributed by atoms with Crippen molar-refractivity contribution in [3.63, 3.8) is 0 Å². The summed E-state index contributed by atoms with van der Waals surface area (Å²) in [6.07, 6.45) is -0.455. The van der Waals surface area contributed by atoms with Crippen molar-refractivity contribution in [2.24, 2.45) is 4.99 Å². The van der Waals surface area contributed by atoms with Crippen molar-refractivity contribution in [1.82, 2.24) is 20.9 Å². The molecule has 1 fully saturated rings. The third-order valence-corrected chi connectivity index (χ3v) is 4.94. The summed E-state index contributed by atoms with van der Waals surface area (Å²) in [5.74, 6) is 0.375. The van der Waals surface area contributed by atoms with Crippen LogP contribution >= 0.6 is 0 Å². The molecule has 1 amide bonds. The Morgan fingerprint density at radius 1 is 1.13 bits per heavy atom. The molecule has 3 N–H and O–H groups in total. The highest BCUT2D eigenvalue weighted by Crippen LogP contribution is 2.22. The molecule has 1 heterocycles. The number of guanidine groups is 1. The molecule has 1 aliphatic rings. The van der Waals surface area contributed by atoms with Crippen LogP contribution in [-0.4, -0.2) is 75.4 Å². The van der Waals surface area contributed by atoms with Crippen molar-refractivity contribution >= 4 is 17.7 Å². The zero-order valence-corrected chi connectivity index (χ0v) is 19.4. The van der Waals surface area contributed by atoms with E-state index in [0.717, 1.165) is 38.3 Å². The van der Waals surface area contributed by atoms with E-state index >= 15 is 0 Å². The predicted octanol–water partition coefficient (Wildman–Crippen LogP) is 2.16. The maximum Gasteiger partial charge on any atom is 0.407 e. The predicted molar refractivity (Wildman–Crippen MR) is 123 cm³/mol. The maximum absolute atomic E-state index is 14.7. The van der Waals surface area contributed by atoms with Crippen LogP contribution in [0.15, 0.2) is 23.2 Å². The number of amides is 1. The lowest BCUT2D eigenvalue weighted by atomic mass is 10.1. The fourth-order valence-corrected chi connectivity index (χ4v) is 3.29. The molecular formula is C22H37FN6O2. The van der Waals surface area contributed by atoms with Gasteiger partial charge in [-0.1, -0.05) is 13.0 Å². The van der Waals surface area contributed by atoms with Gasteiger partial charge in [0.15, 0.2) is 5.96 Å². The quantitative estimate of drug-likeness (QED) is 0.345. The average molecular weight is 437 g/mol. The van der Waals surface area contributed by atoms with Gasteiger partial charge in [0.2, 0.25) is 0 Å². The fraction of sp³-hybridized carbons (Fsp3) is 0.636. The van der Waals surface area contributed by atoms with E-state index in [2.05, 4.69) is 37.7 Å². The summed E-state index contributed by atoms with van der Waals surface area (Å²) >= 11 is 0. The van der Waals surface area contributed by atoms with E-state index < -0.39 is 11.7 Å². The Hall–Kier alpha value is -2.55. The minimum atomic E-state index is -0.524. The van der Waals surface area contributed by atoms with Crippen molar-refractivity contribution in [2.45, 2.75) is 39.8 Å². The lowest BCUT2D eigenvalue weighted by molar-refractivity contribution is 0.0529. The molecule has 0 bridgehead atoms. The molecule has 0 aliphatic carbocycles. The van der Waals surface area contributed by atoms with Crippen LogP contribution in [0.25, 0.3) is 0 Å². The van der Waals surface area contributed by atoms with Gasteiger partial charge >= 0.3 is 6.09 Å². The van der Waals surface area contributed by atoms with Crippen molar-refractivity contribution in [1.29, 1.82) is 0 Å². The van der Waals surface area contributed by atoms with Crippen LogP contribution in [0.5, 0.6) is 0 Å². The number of nitrogens with zero attached hydrogens (tertiary/aromatic N) is 3. The molecular weight excluding hydrogens is 399 g/mol. The van der Waals surface area contributed by atoms with Crippen LogP contribution in [-0.2, 0) is 11.3 Å². The standard InChI is InChI=1S/C22H37FN6O2/c1-6-28-11-13-29(14-12-28)19-8-7-17(15-18(19)23)16-27-20(24-5)25-9-10-26-21(30)31-22(2,3)4/h7-8,15H,6,9-14,16H2,1-5H3,(H,26,30)(H2,24,25,27). The molecule has 0 atom stereocenters. The lowest BCUT2D eigenvalue weighted by Crippen LogP contribution is -2.46. The zero-order valence-electron chi connectivity index (χ0n) is 19.4. The first-order chi connectivity index (χ1) is 14.7. The Labute approximate surface area is 185 Å². The van der Waals surface area contributed by atoms with Gasteiger partial charge in [0.1, 0.15) is 11.4 Å². The van der Waals surface area contributed by atoms with E-state index in [-0.39, 0.29) is 5.82 Å². The van der Waals surface area contributed by atoms with Crippen LogP contribution < -0.4 is 20.9 Å². The van der Waals surface area contributed by atoms with Gasteiger partial charge < -0.3 is 30.5 Å². The first-order valence-corrected chi connectivity index (χ1v) is 10.9. The molecule has 9 heteroatoms. The second-order valence-corrected chi connectivity index (χ2v) is 8.49. The molecule has 1 aromatic carbocycles. The normalized spacial score (nSPS) is 15.5. The number of halogens is 1. The smallest absolute Gasteiger partial charge is 0.407 e. The Kier molecular flexibility index (Phi) is 9.36. The number of nitrogens with one attached hydrogen (secondary N) is 3. The third-order valence-electron chi connectivity index (χ3n) is 4.94. The number of carbonyl (C=O) groups is 1. The van der Waals surface area contributed by atoms with Crippen molar-refractivity contribution < 1.29 is 13.9 Å². The summed E-state index contributed by atoms with van der Waals surface area (Å²) < 4.78 is 19.9. The van der Waals surface area contributed by atoms with Crippen molar-refractivity contribution in [3.05, 3.63) is 29.6 Å². The largest absolute Gasteiger partial charge is 0.444 e. The number of piperazine rings is 1. The van der Waals surface area contributed by atoms with Crippen LogP contribution in [0.1, 0.15) is 33.3 Å². The number of hydrogen-bond acceptors (Lipinski definition) is 5. The van der Waals surface area contributed by atoms with E-state index in [1.807, 2.05) is 32.9 Å². The molecule has 8 nitrogen and oxygen atoms in total. The number of anilines is 1. The molecule has 1 saturated heterocycles. The van der Waals surface area contributed by atoms with E-state index in [1.54, 1.807) is 13.1 Å². The molecule has 1 aromatic rings. The Morgan fingerprint density at radius 2 is 1.81 bits per heavy atom. The lowest BCUT2D eigenvalue weighted by Gasteiger charge is -2.35. The summed E-state index contributed by atoms with van der Waals surface area (Å²) in [6, 6.07) is 5.37. The molecule has 31 heavy (non-hydrogen) atoms. The van der Waals surface area contributed by atoms with Gasteiger partial charge in [0.05, 0.1) is 5.69 Å². The van der Waals surface area contributed by atoms with E-state index in [4.69, 9.17) is 4.74 Å². The first-order valence-electron chi connectivity index (χ1n) is 10.9. The van der Waals surface area contributed by atoms with Crippen LogP contribution in [0, 0.1) is 5.82 Å². The molecule has 174 valence electrons. The topological polar surface area (TPSA) is 81.2 Å². The molecule has 2 rings (SSSR count). The van der Waals surface area contributed by atoms with E-state index in [1.165, 1.54) is 0 Å². The summed E-state index contributed by atoms with van der Waals surface area (Å²) in [5.41, 5.74) is 0.975. The van der Waals surface area contributed by atoms with E-state index in [0.29, 0.717) is 31.3 Å². The molecule has 0 radical (unpaired) electrons. The molecule has 0 unspecified atom stereocenters. The zero-order chi connectivity index (χ0) is 22.9. The molecule has 0 saturated carbocycles. The summed E-state index contributed by atoms with van der Waals surface area (Å²) in [6.45, 7) is 13.6. The van der Waals surface area contributed by atoms with Crippen molar-refractivity contribution in [3.8, 4) is 0 Å². The van der Waals surface area contributed by atoms with Gasteiger partial charge in [0, 0.05) is 52.9 Å². The number of rotatable bonds is 7. The van der Waals surface area contributed by atoms with Gasteiger partial charge in [-0.15, -0.1) is 0 Å². The minimum Gasteiger partial charge on any atom is -0.444 e. The second-order valence-electron chi connectivity index (χ2n) is 8.49. The number of benzene rings is 1. The molecule has 0 spiro atoms. The minimum absolute atomic E-state index is 0.200. The fourth-order valence-electron chi connectivity index (χ4n) is 3.29. The highest BCUT2D eigenvalue weighted by Gasteiger charge is 2.19. The second kappa shape index (κ2) is 11.7. The number of aliphatic imine (C=N–C) groups is 1. The monoisotopic (exact) mass is 436 g/mol. The van der Waals surface area contributed by atoms with Crippen molar-refractivity contribution in [2.75, 3.05) is 57.8 Å². The van der Waals surface area contributed by atoms with Gasteiger partial charge in [-0.3, -0.25) is 4.99 Å². The van der Waals surface area contributed by atoms with Crippen LogP contribution in [0.4, 0.5) is 14.9 Å². The van der Waals surface area contributed by atoms with Gasteiger partial charge in [-0.2, -0.15) is 0 Å². The summed E-state index contributed by atoms with van der Waals surface area (Å²) in [7, 11) is 1.66. The Morgan fingerprint density at radius 3 is 2.39 bits per heavy atom. The number of alkyl carbamates (subject to hydrolysis) is 1. The van der Waals surface area contributed by atoms with Gasteiger partial charge in [-0.25, -0.2) is 9.18 Å². The maximum atomic E-state index is 14.7. The van der Waals surface area contributed by atoms with Crippen LogP contribution in [0.2, 0.25) is 0 Å². The number of ether oxygens (including phenoxy) is 1. The number of carbonyl (C=O) groups excluding carboxylic acids is 1. The summed E-state index contributed by atoms with van der Waals surface area (Å²) in [4.78, 5) is 20.3.